The van der Waals surface area contributed by atoms with E-state index in [2.05, 4.69) is 21.9 Å². The van der Waals surface area contributed by atoms with E-state index >= 15 is 0 Å². The van der Waals surface area contributed by atoms with Gasteiger partial charge in [0.15, 0.2) is 5.17 Å². The molecule has 1 aromatic carbocycles. The first-order valence-electron chi connectivity index (χ1n) is 12.8. The number of halogens is 2. The smallest absolute Gasteiger partial charge is 0.254 e. The number of anilines is 1. The summed E-state index contributed by atoms with van der Waals surface area (Å²) >= 11 is 7.91. The molecule has 4 rings (SSSR count). The van der Waals surface area contributed by atoms with Crippen molar-refractivity contribution in [3.8, 4) is 0 Å². The minimum atomic E-state index is -1.16. The molecule has 40 heavy (non-hydrogen) atoms. The molecule has 1 N–H and O–H groups in total. The number of hydrogen-bond acceptors (Lipinski definition) is 8. The van der Waals surface area contributed by atoms with Crippen LogP contribution in [0.1, 0.15) is 33.6 Å². The van der Waals surface area contributed by atoms with Gasteiger partial charge in [-0.2, -0.15) is 0 Å². The predicted molar refractivity (Wildman–Crippen MR) is 162 cm³/mol. The first-order valence-corrected chi connectivity index (χ1v) is 14.4. The van der Waals surface area contributed by atoms with Crippen molar-refractivity contribution in [1.29, 1.82) is 0 Å². The van der Waals surface area contributed by atoms with E-state index in [0.717, 1.165) is 0 Å². The zero-order valence-corrected chi connectivity index (χ0v) is 24.3. The number of aliphatic imine (C=N–C) groups is 4. The Morgan fingerprint density at radius 3 is 2.83 bits per heavy atom. The van der Waals surface area contributed by atoms with Crippen molar-refractivity contribution in [3.05, 3.63) is 65.7 Å². The van der Waals surface area contributed by atoms with E-state index in [9.17, 15) is 14.0 Å². The van der Waals surface area contributed by atoms with Crippen LogP contribution in [-0.4, -0.2) is 64.8 Å². The lowest BCUT2D eigenvalue weighted by atomic mass is 9.76. The summed E-state index contributed by atoms with van der Waals surface area (Å²) < 4.78 is 14.4. The average Bonchev–Trinajstić information content (AvgIpc) is 2.92. The maximum Gasteiger partial charge on any atom is 0.254 e. The van der Waals surface area contributed by atoms with Gasteiger partial charge in [0.2, 0.25) is 5.91 Å². The lowest BCUT2D eigenvalue weighted by Crippen LogP contribution is -2.61. The number of carbonyl (C=O) groups excluding carboxylic acids is 2. The monoisotopic (exact) mass is 583 g/mol. The fourth-order valence-corrected chi connectivity index (χ4v) is 5.38. The highest BCUT2D eigenvalue weighted by Crippen LogP contribution is 2.44. The topological polar surface area (TPSA) is 102 Å². The highest BCUT2D eigenvalue weighted by atomic mass is 35.5. The molecule has 0 aromatic heterocycles. The van der Waals surface area contributed by atoms with E-state index in [1.165, 1.54) is 35.1 Å². The number of nitrogens with one attached hydrogen (secondary N) is 1. The van der Waals surface area contributed by atoms with Crippen LogP contribution in [0, 0.1) is 11.2 Å². The van der Waals surface area contributed by atoms with Gasteiger partial charge in [0, 0.05) is 11.6 Å². The van der Waals surface area contributed by atoms with Crippen molar-refractivity contribution >= 4 is 64.0 Å². The number of allylic oxidation sites excluding steroid dienone is 2. The summed E-state index contributed by atoms with van der Waals surface area (Å²) in [5.74, 6) is -0.155. The molecular formula is C28H31ClFN7O2S. The van der Waals surface area contributed by atoms with E-state index in [1.54, 1.807) is 31.2 Å². The van der Waals surface area contributed by atoms with Crippen molar-refractivity contribution in [2.45, 2.75) is 45.7 Å². The third-order valence-corrected chi connectivity index (χ3v) is 7.93. The summed E-state index contributed by atoms with van der Waals surface area (Å²) in [5.41, 5.74) is -0.834. The highest BCUT2D eigenvalue weighted by Gasteiger charge is 2.52. The van der Waals surface area contributed by atoms with Crippen LogP contribution in [0.3, 0.4) is 0 Å². The molecule has 0 saturated carbocycles. The quantitative estimate of drug-likeness (QED) is 0.532. The second-order valence-electron chi connectivity index (χ2n) is 9.57. The van der Waals surface area contributed by atoms with Gasteiger partial charge in [-0.05, 0) is 50.8 Å². The SMILES string of the molecule is C=C1/N=C(SC)\N=C(\N(CCC)C(C)C2=NC3C=CC=C(Cl)C3(C)C(=O)N2c2cccc(F)c2)CC(=O)/N=C\N1. The molecule has 0 saturated heterocycles. The summed E-state index contributed by atoms with van der Waals surface area (Å²) in [6, 6.07) is 4.68. The van der Waals surface area contributed by atoms with Crippen molar-refractivity contribution in [1.82, 2.24) is 10.2 Å². The number of amidine groups is 3. The van der Waals surface area contributed by atoms with Crippen LogP contribution in [0.2, 0.25) is 0 Å². The van der Waals surface area contributed by atoms with E-state index in [0.29, 0.717) is 40.5 Å². The Hall–Kier alpha value is -3.57. The minimum Gasteiger partial charge on any atom is -0.350 e. The second-order valence-corrected chi connectivity index (χ2v) is 10.8. The first kappa shape index (κ1) is 29.4. The van der Waals surface area contributed by atoms with Gasteiger partial charge in [0.05, 0.1) is 30.5 Å². The van der Waals surface area contributed by atoms with Gasteiger partial charge in [0.25, 0.3) is 5.91 Å². The molecule has 0 radical (unpaired) electrons. The number of nitrogens with zero attached hydrogens (tertiary/aromatic N) is 6. The lowest BCUT2D eigenvalue weighted by molar-refractivity contribution is -0.125. The molecular weight excluding hydrogens is 553 g/mol. The third kappa shape index (κ3) is 5.80. The standard InChI is InChI=1S/C28H31ClFN7O2S/c1-6-13-36(23-15-24(38)32-16-31-18(3)33-27(35-23)40-5)17(2)25-34-22-12-8-11-21(29)28(22,4)26(39)37(25)20-10-7-9-19(30)14-20/h7-12,14,16-17,22H,3,6,13,15H2,1-2,4-5H3,(H,31,32,38)/b33-27+,35-23+. The van der Waals surface area contributed by atoms with Gasteiger partial charge >= 0.3 is 0 Å². The first-order chi connectivity index (χ1) is 19.1. The molecule has 12 heteroatoms. The van der Waals surface area contributed by atoms with E-state index in [4.69, 9.17) is 21.6 Å². The Labute approximate surface area is 242 Å². The number of hydrogen-bond donors (Lipinski definition) is 1. The van der Waals surface area contributed by atoms with Crippen LogP contribution in [0.25, 0.3) is 0 Å². The zero-order chi connectivity index (χ0) is 29.0. The largest absolute Gasteiger partial charge is 0.350 e. The molecule has 210 valence electrons. The van der Waals surface area contributed by atoms with Crippen LogP contribution < -0.4 is 10.2 Å². The summed E-state index contributed by atoms with van der Waals surface area (Å²) in [6.07, 6.45) is 8.97. The van der Waals surface area contributed by atoms with Gasteiger partial charge in [-0.25, -0.2) is 19.4 Å². The zero-order valence-electron chi connectivity index (χ0n) is 22.8. The molecule has 2 amide bonds. The van der Waals surface area contributed by atoms with Crippen LogP contribution >= 0.6 is 23.4 Å². The molecule has 2 heterocycles. The molecule has 3 unspecified atom stereocenters. The third-order valence-electron chi connectivity index (χ3n) is 6.86. The van der Waals surface area contributed by atoms with Gasteiger partial charge in [-0.1, -0.05) is 55.1 Å². The van der Waals surface area contributed by atoms with Crippen LogP contribution in [-0.2, 0) is 9.59 Å². The fraction of sp³-hybridized carbons (Fsp3) is 0.357. The summed E-state index contributed by atoms with van der Waals surface area (Å²) in [5, 5.41) is 3.50. The van der Waals surface area contributed by atoms with Gasteiger partial charge in [-0.15, -0.1) is 0 Å². The Bertz CT molecular complexity index is 1400. The van der Waals surface area contributed by atoms with Crippen LogP contribution in [0.5, 0.6) is 0 Å². The molecule has 0 spiro atoms. The van der Waals surface area contributed by atoms with Crippen LogP contribution in [0.4, 0.5) is 10.1 Å². The Morgan fingerprint density at radius 1 is 1.35 bits per heavy atom. The van der Waals surface area contributed by atoms with Crippen molar-refractivity contribution in [2.75, 3.05) is 17.7 Å². The summed E-state index contributed by atoms with van der Waals surface area (Å²) in [7, 11) is 0. The maximum absolute atomic E-state index is 14.4. The number of fused-ring (bicyclic) bond motifs is 1. The summed E-state index contributed by atoms with van der Waals surface area (Å²) in [6.45, 7) is 9.93. The second kappa shape index (κ2) is 12.3. The van der Waals surface area contributed by atoms with E-state index in [-0.39, 0.29) is 18.1 Å². The fourth-order valence-electron chi connectivity index (χ4n) is 4.71. The van der Waals surface area contributed by atoms with Gasteiger partial charge < -0.3 is 10.2 Å². The molecule has 0 bridgehead atoms. The minimum absolute atomic E-state index is 0.106. The molecule has 3 atom stereocenters. The highest BCUT2D eigenvalue weighted by molar-refractivity contribution is 8.13. The van der Waals surface area contributed by atoms with Crippen molar-refractivity contribution in [3.63, 3.8) is 0 Å². The Morgan fingerprint density at radius 2 is 2.12 bits per heavy atom. The Kier molecular flexibility index (Phi) is 9.05. The van der Waals surface area contributed by atoms with Gasteiger partial charge in [-0.3, -0.25) is 19.5 Å². The van der Waals surface area contributed by atoms with E-state index in [1.807, 2.05) is 31.1 Å². The summed E-state index contributed by atoms with van der Waals surface area (Å²) in [4.78, 5) is 48.4. The Balaban J connectivity index is 1.88. The predicted octanol–water partition coefficient (Wildman–Crippen LogP) is 4.88. The van der Waals surface area contributed by atoms with Crippen molar-refractivity contribution < 1.29 is 14.0 Å². The molecule has 2 aliphatic heterocycles. The van der Waals surface area contributed by atoms with Crippen LogP contribution in [0.15, 0.2) is 79.9 Å². The maximum atomic E-state index is 14.4. The molecule has 3 aliphatic rings. The number of amides is 2. The van der Waals surface area contributed by atoms with E-state index < -0.39 is 29.2 Å². The average molecular weight is 584 g/mol. The normalized spacial score (nSPS) is 27.3. The number of carbonyl (C=O) groups is 2. The molecule has 0 fully saturated rings. The number of thioether (sulfide) groups is 1. The molecule has 1 aromatic rings. The number of benzene rings is 1. The van der Waals surface area contributed by atoms with Crippen molar-refractivity contribution in [2.24, 2.45) is 25.4 Å². The van der Waals surface area contributed by atoms with Gasteiger partial charge in [0.1, 0.15) is 28.7 Å². The lowest BCUT2D eigenvalue weighted by Gasteiger charge is -2.46. The number of rotatable bonds is 5. The molecule has 9 nitrogen and oxygen atoms in total. The molecule has 1 aliphatic carbocycles.